The minimum Gasteiger partial charge on any atom is -0.360 e. The Kier molecular flexibility index (Phi) is 4.26. The number of sulfonamides is 1. The zero-order chi connectivity index (χ0) is 17.3. The molecule has 1 saturated heterocycles. The topological polar surface area (TPSA) is 103 Å². The normalized spacial score (nSPS) is 16.1. The molecule has 0 saturated carbocycles. The van der Waals surface area contributed by atoms with Crippen LogP contribution in [0.2, 0.25) is 0 Å². The SMILES string of the molecule is Cc1noc(C)c1S(=O)(=O)N1CCN(c2cc(C#N)ccn2)CC1. The molecule has 9 heteroatoms. The number of piperazine rings is 1. The van der Waals surface area contributed by atoms with Gasteiger partial charge in [-0.15, -0.1) is 0 Å². The standard InChI is InChI=1S/C15H17N5O3S/c1-11-15(12(2)23-18-11)24(21,22)20-7-5-19(6-8-20)14-9-13(10-16)3-4-17-14/h3-4,9H,5-8H2,1-2H3. The van der Waals surface area contributed by atoms with Gasteiger partial charge in [-0.1, -0.05) is 5.16 Å². The average Bonchev–Trinajstić information content (AvgIpc) is 2.94. The fraction of sp³-hybridized carbons (Fsp3) is 0.400. The molecule has 0 bridgehead atoms. The Morgan fingerprint density at radius 2 is 1.96 bits per heavy atom. The lowest BCUT2D eigenvalue weighted by Gasteiger charge is -2.34. The van der Waals surface area contributed by atoms with E-state index in [4.69, 9.17) is 9.78 Å². The van der Waals surface area contributed by atoms with Crippen LogP contribution in [-0.2, 0) is 10.0 Å². The third-order valence-electron chi connectivity index (χ3n) is 4.00. The summed E-state index contributed by atoms with van der Waals surface area (Å²) in [4.78, 5) is 6.38. The smallest absolute Gasteiger partial charge is 0.248 e. The van der Waals surface area contributed by atoms with Crippen molar-refractivity contribution < 1.29 is 12.9 Å². The van der Waals surface area contributed by atoms with Crippen molar-refractivity contribution in [3.63, 3.8) is 0 Å². The summed E-state index contributed by atoms with van der Waals surface area (Å²) in [5.74, 6) is 0.988. The van der Waals surface area contributed by atoms with E-state index < -0.39 is 10.0 Å². The third-order valence-corrected chi connectivity index (χ3v) is 6.15. The molecule has 0 unspecified atom stereocenters. The summed E-state index contributed by atoms with van der Waals surface area (Å²) in [5, 5.41) is 12.7. The molecule has 0 radical (unpaired) electrons. The molecule has 2 aromatic rings. The molecule has 2 aromatic heterocycles. The molecular formula is C15H17N5O3S. The van der Waals surface area contributed by atoms with E-state index in [2.05, 4.69) is 16.2 Å². The highest BCUT2D eigenvalue weighted by atomic mass is 32.2. The van der Waals surface area contributed by atoms with Crippen LogP contribution in [0.3, 0.4) is 0 Å². The van der Waals surface area contributed by atoms with E-state index in [0.29, 0.717) is 49.0 Å². The maximum absolute atomic E-state index is 12.8. The molecule has 0 spiro atoms. The maximum atomic E-state index is 12.8. The number of hydrogen-bond donors (Lipinski definition) is 0. The molecule has 1 aliphatic rings. The van der Waals surface area contributed by atoms with Crippen molar-refractivity contribution in [1.29, 1.82) is 5.26 Å². The number of aromatic nitrogens is 2. The zero-order valence-electron chi connectivity index (χ0n) is 13.4. The summed E-state index contributed by atoms with van der Waals surface area (Å²) in [6.45, 7) is 4.90. The Bertz CT molecular complexity index is 873. The summed E-state index contributed by atoms with van der Waals surface area (Å²) < 4.78 is 32.0. The van der Waals surface area contributed by atoms with Gasteiger partial charge in [0.05, 0.1) is 11.6 Å². The number of nitriles is 1. The Hall–Kier alpha value is -2.44. The number of nitrogens with zero attached hydrogens (tertiary/aromatic N) is 5. The van der Waals surface area contributed by atoms with Gasteiger partial charge in [-0.05, 0) is 26.0 Å². The highest BCUT2D eigenvalue weighted by Gasteiger charge is 2.33. The second-order valence-electron chi connectivity index (χ2n) is 5.56. The highest BCUT2D eigenvalue weighted by Crippen LogP contribution is 2.25. The van der Waals surface area contributed by atoms with Crippen LogP contribution in [0.5, 0.6) is 0 Å². The predicted octanol–water partition coefficient (Wildman–Crippen LogP) is 1.07. The van der Waals surface area contributed by atoms with Crippen LogP contribution in [0, 0.1) is 25.2 Å². The van der Waals surface area contributed by atoms with E-state index in [9.17, 15) is 8.42 Å². The molecule has 0 aliphatic carbocycles. The summed E-state index contributed by atoms with van der Waals surface area (Å²) >= 11 is 0. The van der Waals surface area contributed by atoms with Crippen LogP contribution in [-0.4, -0.2) is 49.0 Å². The fourth-order valence-electron chi connectivity index (χ4n) is 2.79. The number of anilines is 1. The van der Waals surface area contributed by atoms with Crippen molar-refractivity contribution in [2.75, 3.05) is 31.1 Å². The lowest BCUT2D eigenvalue weighted by molar-refractivity contribution is 0.378. The quantitative estimate of drug-likeness (QED) is 0.818. The van der Waals surface area contributed by atoms with E-state index in [1.54, 1.807) is 32.2 Å². The summed E-state index contributed by atoms with van der Waals surface area (Å²) in [5.41, 5.74) is 0.907. The molecule has 1 fully saturated rings. The van der Waals surface area contributed by atoms with E-state index in [1.165, 1.54) is 4.31 Å². The number of rotatable bonds is 3. The number of pyridine rings is 1. The van der Waals surface area contributed by atoms with E-state index in [1.807, 2.05) is 4.90 Å². The van der Waals surface area contributed by atoms with Crippen molar-refractivity contribution >= 4 is 15.8 Å². The first-order valence-electron chi connectivity index (χ1n) is 7.47. The molecule has 0 aromatic carbocycles. The van der Waals surface area contributed by atoms with Crippen molar-refractivity contribution in [3.8, 4) is 6.07 Å². The second-order valence-corrected chi connectivity index (χ2v) is 7.43. The van der Waals surface area contributed by atoms with Crippen LogP contribution in [0.4, 0.5) is 5.82 Å². The predicted molar refractivity (Wildman–Crippen MR) is 85.9 cm³/mol. The summed E-state index contributed by atoms with van der Waals surface area (Å²) in [7, 11) is -3.62. The van der Waals surface area contributed by atoms with Gasteiger partial charge >= 0.3 is 0 Å². The van der Waals surface area contributed by atoms with E-state index in [-0.39, 0.29) is 4.90 Å². The molecule has 24 heavy (non-hydrogen) atoms. The molecular weight excluding hydrogens is 330 g/mol. The molecule has 0 atom stereocenters. The first kappa shape index (κ1) is 16.4. The Morgan fingerprint density at radius 3 is 2.54 bits per heavy atom. The van der Waals surface area contributed by atoms with Gasteiger partial charge in [-0.3, -0.25) is 0 Å². The minimum atomic E-state index is -3.62. The Morgan fingerprint density at radius 1 is 1.25 bits per heavy atom. The molecule has 3 heterocycles. The number of aryl methyl sites for hydroxylation is 2. The van der Waals surface area contributed by atoms with Crippen molar-refractivity contribution in [1.82, 2.24) is 14.4 Å². The van der Waals surface area contributed by atoms with Crippen molar-refractivity contribution in [2.24, 2.45) is 0 Å². The lowest BCUT2D eigenvalue weighted by Crippen LogP contribution is -2.49. The van der Waals surface area contributed by atoms with E-state index in [0.717, 1.165) is 0 Å². The van der Waals surface area contributed by atoms with Crippen LogP contribution in [0.25, 0.3) is 0 Å². The first-order valence-corrected chi connectivity index (χ1v) is 8.91. The average molecular weight is 347 g/mol. The third kappa shape index (κ3) is 2.86. The summed E-state index contributed by atoms with van der Waals surface area (Å²) in [6, 6.07) is 5.43. The minimum absolute atomic E-state index is 0.153. The maximum Gasteiger partial charge on any atom is 0.248 e. The van der Waals surface area contributed by atoms with Gasteiger partial charge in [0.25, 0.3) is 0 Å². The van der Waals surface area contributed by atoms with Crippen LogP contribution in [0.15, 0.2) is 27.7 Å². The molecule has 3 rings (SSSR count). The Balaban J connectivity index is 1.76. The van der Waals surface area contributed by atoms with Crippen LogP contribution < -0.4 is 4.90 Å². The zero-order valence-corrected chi connectivity index (χ0v) is 14.2. The summed E-state index contributed by atoms with van der Waals surface area (Å²) in [6.07, 6.45) is 1.58. The monoisotopic (exact) mass is 347 g/mol. The van der Waals surface area contributed by atoms with Gasteiger partial charge in [0.1, 0.15) is 16.4 Å². The fourth-order valence-corrected chi connectivity index (χ4v) is 4.50. The molecule has 0 amide bonds. The largest absolute Gasteiger partial charge is 0.360 e. The van der Waals surface area contributed by atoms with Crippen LogP contribution in [0.1, 0.15) is 17.0 Å². The van der Waals surface area contributed by atoms with Gasteiger partial charge in [0.15, 0.2) is 5.76 Å². The van der Waals surface area contributed by atoms with Crippen LogP contribution >= 0.6 is 0 Å². The van der Waals surface area contributed by atoms with Gasteiger partial charge in [0, 0.05) is 32.4 Å². The highest BCUT2D eigenvalue weighted by molar-refractivity contribution is 7.89. The molecule has 126 valence electrons. The van der Waals surface area contributed by atoms with Crippen molar-refractivity contribution in [2.45, 2.75) is 18.7 Å². The second kappa shape index (κ2) is 6.22. The molecule has 1 aliphatic heterocycles. The van der Waals surface area contributed by atoms with Gasteiger partial charge in [-0.2, -0.15) is 9.57 Å². The van der Waals surface area contributed by atoms with Gasteiger partial charge in [-0.25, -0.2) is 13.4 Å². The lowest BCUT2D eigenvalue weighted by atomic mass is 10.2. The van der Waals surface area contributed by atoms with Crippen molar-refractivity contribution in [3.05, 3.63) is 35.3 Å². The van der Waals surface area contributed by atoms with Gasteiger partial charge < -0.3 is 9.42 Å². The number of hydrogen-bond acceptors (Lipinski definition) is 7. The first-order chi connectivity index (χ1) is 11.4. The van der Waals surface area contributed by atoms with E-state index >= 15 is 0 Å². The molecule has 0 N–H and O–H groups in total. The Labute approximate surface area is 140 Å². The molecule has 8 nitrogen and oxygen atoms in total. The van der Waals surface area contributed by atoms with Gasteiger partial charge in [0.2, 0.25) is 10.0 Å².